The molecule has 0 atom stereocenters. The molecule has 3 fully saturated rings. The number of rotatable bonds is 13. The molecule has 11 heterocycles. The Kier molecular flexibility index (Phi) is 21.2. The molecule has 0 radical (unpaired) electrons. The molecule has 610 valence electrons. The van der Waals surface area contributed by atoms with Crippen molar-refractivity contribution in [3.8, 4) is 113 Å². The van der Waals surface area contributed by atoms with E-state index in [1.54, 1.807) is 12.4 Å². The lowest BCUT2D eigenvalue weighted by molar-refractivity contribution is 0.00578. The molecule has 125 heavy (non-hydrogen) atoms. The van der Waals surface area contributed by atoms with E-state index in [-0.39, 0.29) is 0 Å². The minimum absolute atomic E-state index is 0.395. The van der Waals surface area contributed by atoms with E-state index in [1.807, 2.05) is 158 Å². The van der Waals surface area contributed by atoms with Crippen molar-refractivity contribution in [2.45, 2.75) is 117 Å². The highest BCUT2D eigenvalue weighted by molar-refractivity contribution is 6.65. The summed E-state index contributed by atoms with van der Waals surface area (Å²) < 4.78 is 37.9. The van der Waals surface area contributed by atoms with Gasteiger partial charge in [-0.25, -0.2) is 29.9 Å². The first-order chi connectivity index (χ1) is 60.3. The van der Waals surface area contributed by atoms with Gasteiger partial charge in [0.05, 0.1) is 95.9 Å². The SMILES string of the molecule is CC1(C)OB(c2ccc(-c3nc(-c4ccccc4)cc(-c4cc5cccnc5c5ncccc45)n3)cc2)OC1(C)C.CC1(C)OB(c2cccc(-c3ccc(-c4nc(-c5cc6ccccc6cn5)cc(-c5cc6ccccc6cn5)n4)cc3)c2)OC1(C)C.CC1(C)OB(c2cccc3c(-c4nc(-c5ccccc5)cc(-c5ccccn5)n4)cccc23)OC1(C)C. The van der Waals surface area contributed by atoms with Crippen LogP contribution in [0.3, 0.4) is 0 Å². The average molecular weight is 1630 g/mol. The van der Waals surface area contributed by atoms with Crippen LogP contribution in [0, 0.1) is 0 Å². The van der Waals surface area contributed by atoms with Crippen LogP contribution >= 0.6 is 0 Å². The van der Waals surface area contributed by atoms with Gasteiger partial charge in [0.15, 0.2) is 17.5 Å². The molecular weight excluding hydrogens is 1540 g/mol. The van der Waals surface area contributed by atoms with E-state index in [1.165, 1.54) is 0 Å². The third-order valence-electron chi connectivity index (χ3n) is 25.1. The van der Waals surface area contributed by atoms with Crippen LogP contribution in [-0.4, -0.2) is 110 Å². The maximum absolute atomic E-state index is 6.40. The molecule has 0 spiro atoms. The molecule has 0 aliphatic carbocycles. The first-order valence-electron chi connectivity index (χ1n) is 42.3. The van der Waals surface area contributed by atoms with Gasteiger partial charge in [-0.2, -0.15) is 0 Å². The van der Waals surface area contributed by atoms with Gasteiger partial charge in [0.1, 0.15) is 0 Å². The van der Waals surface area contributed by atoms with Gasteiger partial charge in [0.2, 0.25) is 0 Å². The Hall–Kier alpha value is -13.6. The number of nitrogens with zero attached hydrogens (tertiary/aromatic N) is 11. The highest BCUT2D eigenvalue weighted by Crippen LogP contribution is 2.43. The van der Waals surface area contributed by atoms with E-state index >= 15 is 0 Å². The number of hydrogen-bond donors (Lipinski definition) is 0. The Morgan fingerprint density at radius 2 is 0.632 bits per heavy atom. The summed E-state index contributed by atoms with van der Waals surface area (Å²) in [6, 6.07) is 100. The second-order valence-electron chi connectivity index (χ2n) is 34.9. The predicted molar refractivity (Wildman–Crippen MR) is 504 cm³/mol. The van der Waals surface area contributed by atoms with Crippen LogP contribution < -0.4 is 16.4 Å². The van der Waals surface area contributed by atoms with E-state index in [0.717, 1.165) is 166 Å². The summed E-state index contributed by atoms with van der Waals surface area (Å²) in [4.78, 5) is 53.6. The molecule has 8 aromatic heterocycles. The Labute approximate surface area is 728 Å². The summed E-state index contributed by atoms with van der Waals surface area (Å²) in [5.41, 5.74) is 17.4. The lowest BCUT2D eigenvalue weighted by Crippen LogP contribution is -2.41. The summed E-state index contributed by atoms with van der Waals surface area (Å²) in [5, 5.41) is 8.50. The van der Waals surface area contributed by atoms with Gasteiger partial charge in [-0.15, -0.1) is 0 Å². The summed E-state index contributed by atoms with van der Waals surface area (Å²) in [6.45, 7) is 24.8. The zero-order valence-corrected chi connectivity index (χ0v) is 71.8. The van der Waals surface area contributed by atoms with Gasteiger partial charge in [-0.3, -0.25) is 24.9 Å². The third kappa shape index (κ3) is 16.2. The Balaban J connectivity index is 0.000000124. The fourth-order valence-corrected chi connectivity index (χ4v) is 15.8. The minimum atomic E-state index is -0.454. The lowest BCUT2D eigenvalue weighted by atomic mass is 9.75. The van der Waals surface area contributed by atoms with Crippen molar-refractivity contribution in [2.75, 3.05) is 0 Å². The molecule has 0 amide bonds. The third-order valence-corrected chi connectivity index (χ3v) is 25.1. The van der Waals surface area contributed by atoms with Crippen molar-refractivity contribution < 1.29 is 27.9 Å². The summed E-state index contributed by atoms with van der Waals surface area (Å²) in [7, 11) is -1.29. The molecule has 0 bridgehead atoms. The standard InChI is InChI=1S/C40H33BN4O2.C34H29BN4O2.C31H28BN3O2/c1-39(2)40(3,4)47-41(46-39)33-15-9-14-28(20-33)26-16-18-27(19-17-26)38-44-36(34-21-29-10-5-7-12-31(29)24-42-34)23-37(45-38)35-22-30-11-6-8-13-32(30)25-43-35;1-33(2)34(3,4)41-35(40-33)25-16-14-23(15-17-25)32-38-28(22-10-6-5-7-11-22)21-29(39-32)27-20-24-12-8-18-36-30(24)31-26(27)13-9-19-37-31;1-30(2)31(3,4)37-32(36-30)25-17-11-14-22-23(25)15-10-16-24(22)29-34-27(21-12-6-5-7-13-21)20-28(35-29)26-18-8-9-19-33-26/h5-25H,1-4H3;5-21H,1-4H3;5-20H,1-4H3. The summed E-state index contributed by atoms with van der Waals surface area (Å²) in [6.07, 6.45) is 9.19. The van der Waals surface area contributed by atoms with Gasteiger partial charge in [0.25, 0.3) is 0 Å². The van der Waals surface area contributed by atoms with Gasteiger partial charge in [-0.05, 0) is 193 Å². The zero-order valence-electron chi connectivity index (χ0n) is 71.8. The number of hydrogen-bond acceptors (Lipinski definition) is 17. The van der Waals surface area contributed by atoms with Crippen molar-refractivity contribution >= 4 is 91.9 Å². The molecule has 3 aliphatic rings. The van der Waals surface area contributed by atoms with E-state index < -0.39 is 55.0 Å². The van der Waals surface area contributed by atoms with Crippen molar-refractivity contribution in [2.24, 2.45) is 0 Å². The van der Waals surface area contributed by atoms with Gasteiger partial charge in [0, 0.05) is 85.9 Å². The molecule has 18 aromatic rings. The molecule has 21 rings (SSSR count). The fourth-order valence-electron chi connectivity index (χ4n) is 15.8. The average Bonchev–Trinajstić information content (AvgIpc) is 1.52. The van der Waals surface area contributed by atoms with Crippen LogP contribution in [0.25, 0.3) is 167 Å². The van der Waals surface area contributed by atoms with Crippen LogP contribution in [0.4, 0.5) is 0 Å². The van der Waals surface area contributed by atoms with E-state index in [2.05, 4.69) is 251 Å². The van der Waals surface area contributed by atoms with Gasteiger partial charge < -0.3 is 27.9 Å². The first-order valence-corrected chi connectivity index (χ1v) is 42.3. The molecule has 0 N–H and O–H groups in total. The molecule has 20 heteroatoms. The molecule has 17 nitrogen and oxygen atoms in total. The normalized spacial score (nSPS) is 15.8. The smallest absolute Gasteiger partial charge is 0.399 e. The monoisotopic (exact) mass is 1630 g/mol. The molecule has 0 saturated carbocycles. The number of pyridine rings is 5. The maximum Gasteiger partial charge on any atom is 0.495 e. The van der Waals surface area contributed by atoms with Crippen molar-refractivity contribution in [1.82, 2.24) is 54.8 Å². The van der Waals surface area contributed by atoms with Gasteiger partial charge >= 0.3 is 21.4 Å². The Morgan fingerprint density at radius 1 is 0.216 bits per heavy atom. The highest BCUT2D eigenvalue weighted by Gasteiger charge is 2.54. The van der Waals surface area contributed by atoms with Crippen LogP contribution in [0.5, 0.6) is 0 Å². The van der Waals surface area contributed by atoms with E-state index in [9.17, 15) is 0 Å². The second kappa shape index (κ2) is 32.6. The van der Waals surface area contributed by atoms with Crippen LogP contribution in [0.1, 0.15) is 83.1 Å². The van der Waals surface area contributed by atoms with Gasteiger partial charge in [-0.1, -0.05) is 237 Å². The summed E-state index contributed by atoms with van der Waals surface area (Å²) >= 11 is 0. The van der Waals surface area contributed by atoms with Crippen LogP contribution in [0.2, 0.25) is 0 Å². The number of aromatic nitrogens is 11. The van der Waals surface area contributed by atoms with Crippen LogP contribution in [-0.2, 0) is 27.9 Å². The Bertz CT molecular complexity index is 6910. The maximum atomic E-state index is 6.40. The lowest BCUT2D eigenvalue weighted by Gasteiger charge is -2.32. The van der Waals surface area contributed by atoms with E-state index in [4.69, 9.17) is 72.8 Å². The molecule has 0 unspecified atom stereocenters. The second-order valence-corrected chi connectivity index (χ2v) is 34.9. The number of fused-ring (bicyclic) bond motifs is 6. The summed E-state index contributed by atoms with van der Waals surface area (Å²) in [5.74, 6) is 1.91. The quantitative estimate of drug-likeness (QED) is 0.0779. The molecule has 10 aromatic carbocycles. The van der Waals surface area contributed by atoms with Crippen molar-refractivity contribution in [3.05, 3.63) is 328 Å². The molecular formula is C105H90B3N11O6. The largest absolute Gasteiger partial charge is 0.495 e. The topological polar surface area (TPSA) is 197 Å². The van der Waals surface area contributed by atoms with Crippen molar-refractivity contribution in [1.29, 1.82) is 0 Å². The Morgan fingerprint density at radius 3 is 1.22 bits per heavy atom. The molecule has 3 saturated heterocycles. The fraction of sp³-hybridized carbons (Fsp3) is 0.171. The van der Waals surface area contributed by atoms with Crippen LogP contribution in [0.15, 0.2) is 328 Å². The first kappa shape index (κ1) is 81.1. The zero-order chi connectivity index (χ0) is 86.0. The minimum Gasteiger partial charge on any atom is -0.399 e. The van der Waals surface area contributed by atoms with E-state index in [0.29, 0.717) is 17.5 Å². The van der Waals surface area contributed by atoms with Crippen molar-refractivity contribution in [3.63, 3.8) is 0 Å². The predicted octanol–water partition coefficient (Wildman–Crippen LogP) is 21.7. The number of benzene rings is 10. The molecule has 3 aliphatic heterocycles. The highest BCUT2D eigenvalue weighted by atomic mass is 16.7.